The van der Waals surface area contributed by atoms with Crippen molar-refractivity contribution in [3.05, 3.63) is 17.7 Å². The fourth-order valence-corrected chi connectivity index (χ4v) is 0.728. The molecule has 10 heteroatoms. The molecule has 1 aromatic rings. The standard InChI is InChI=1S/C7H6O5.La.HO3S/c8-4-1-3(7(11)12)2-5(9)6(4)10;;1-4(2)3/h1-2,8-10H,(H,11,12);;(H,1,2,3)/q;;-1. The molecule has 0 spiro atoms. The molecule has 1 aromatic carbocycles. The first-order chi connectivity index (χ1) is 7.25. The minimum absolute atomic E-state index is 0. The van der Waals surface area contributed by atoms with Crippen LogP contribution >= 0.6 is 0 Å². The van der Waals surface area contributed by atoms with E-state index in [9.17, 15) is 4.79 Å². The third-order valence-corrected chi connectivity index (χ3v) is 1.32. The van der Waals surface area contributed by atoms with Crippen molar-refractivity contribution < 1.29 is 73.8 Å². The Bertz CT molecular complexity index is 438. The maximum Gasteiger partial charge on any atom is 0.335 e. The van der Waals surface area contributed by atoms with Crippen LogP contribution in [0.2, 0.25) is 0 Å². The molecular formula is C7H7LaO8S-. The molecule has 0 amide bonds. The van der Waals surface area contributed by atoms with E-state index in [1.54, 1.807) is 0 Å². The fourth-order valence-electron chi connectivity index (χ4n) is 0.728. The minimum atomic E-state index is -2.86. The van der Waals surface area contributed by atoms with Gasteiger partial charge in [0.15, 0.2) is 17.2 Å². The first-order valence-corrected chi connectivity index (χ1v) is 4.55. The van der Waals surface area contributed by atoms with Gasteiger partial charge in [0.2, 0.25) is 0 Å². The Labute approximate surface area is 125 Å². The van der Waals surface area contributed by atoms with Crippen molar-refractivity contribution in [1.29, 1.82) is 0 Å². The molecule has 0 saturated heterocycles. The van der Waals surface area contributed by atoms with E-state index in [2.05, 4.69) is 0 Å². The van der Waals surface area contributed by atoms with Crippen LogP contribution in [0.25, 0.3) is 0 Å². The SMILES string of the molecule is O=C(O)c1cc(O)c(O)c(O)c1.O=[S-](=O)O.[La]. The summed E-state index contributed by atoms with van der Waals surface area (Å²) in [5, 5.41) is 35.0. The van der Waals surface area contributed by atoms with Gasteiger partial charge in [0.05, 0.1) is 5.56 Å². The van der Waals surface area contributed by atoms with Crippen molar-refractivity contribution in [3.8, 4) is 17.2 Å². The zero-order chi connectivity index (χ0) is 12.9. The van der Waals surface area contributed by atoms with Crippen molar-refractivity contribution >= 4 is 17.0 Å². The van der Waals surface area contributed by atoms with Gasteiger partial charge < -0.3 is 33.4 Å². The number of hydrogen-bond donors (Lipinski definition) is 5. The Morgan fingerprint density at radius 2 is 1.35 bits per heavy atom. The average molecular weight is 390 g/mol. The molecule has 1 rings (SSSR count). The summed E-state index contributed by atoms with van der Waals surface area (Å²) in [6, 6.07) is 1.69. The topological polar surface area (TPSA) is 152 Å². The summed E-state index contributed by atoms with van der Waals surface area (Å²) in [6.07, 6.45) is 0. The minimum Gasteiger partial charge on any atom is -0.504 e. The monoisotopic (exact) mass is 390 g/mol. The van der Waals surface area contributed by atoms with E-state index >= 15 is 0 Å². The number of benzene rings is 1. The molecule has 8 nitrogen and oxygen atoms in total. The maximum absolute atomic E-state index is 10.3. The normalized spacial score (nSPS) is 8.82. The van der Waals surface area contributed by atoms with Crippen LogP contribution in [0.5, 0.6) is 17.2 Å². The largest absolute Gasteiger partial charge is 0.504 e. The molecule has 93 valence electrons. The predicted molar refractivity (Wildman–Crippen MR) is 49.8 cm³/mol. The number of rotatable bonds is 1. The molecular weight excluding hydrogens is 383 g/mol. The van der Waals surface area contributed by atoms with E-state index in [-0.39, 0.29) is 41.2 Å². The van der Waals surface area contributed by atoms with E-state index < -0.39 is 34.2 Å². The third kappa shape index (κ3) is 7.18. The number of carbonyl (C=O) groups is 1. The molecule has 0 aliphatic rings. The Morgan fingerprint density at radius 3 is 1.59 bits per heavy atom. The summed E-state index contributed by atoms with van der Waals surface area (Å²) in [6.45, 7) is 0. The number of carboxylic acid groups (broad SMARTS) is 1. The number of phenols is 3. The van der Waals surface area contributed by atoms with Gasteiger partial charge in [-0.25, -0.2) is 4.79 Å². The average Bonchev–Trinajstić information content (AvgIpc) is 2.12. The van der Waals surface area contributed by atoms with Crippen LogP contribution in [0, 0.1) is 35.6 Å². The van der Waals surface area contributed by atoms with E-state index in [0.29, 0.717) is 0 Å². The third-order valence-electron chi connectivity index (χ3n) is 1.32. The zero-order valence-electron chi connectivity index (χ0n) is 8.10. The number of carboxylic acids is 1. The van der Waals surface area contributed by atoms with E-state index in [0.717, 1.165) is 12.1 Å². The quantitative estimate of drug-likeness (QED) is 0.198. The predicted octanol–water partition coefficient (Wildman–Crippen LogP) is 0.270. The molecule has 0 aromatic heterocycles. The maximum atomic E-state index is 10.3. The van der Waals surface area contributed by atoms with Crippen LogP contribution in [0.4, 0.5) is 0 Å². The Morgan fingerprint density at radius 1 is 1.06 bits per heavy atom. The number of phenolic OH excluding ortho intramolecular Hbond substituents is 3. The van der Waals surface area contributed by atoms with Crippen molar-refractivity contribution in [2.45, 2.75) is 0 Å². The van der Waals surface area contributed by atoms with Crippen LogP contribution in [-0.2, 0) is 19.4 Å². The van der Waals surface area contributed by atoms with Gasteiger partial charge in [-0.15, -0.1) is 0 Å². The molecule has 0 atom stereocenters. The van der Waals surface area contributed by atoms with Gasteiger partial charge in [-0.05, 0) is 12.1 Å². The number of aromatic hydroxyl groups is 3. The van der Waals surface area contributed by atoms with E-state index in [4.69, 9.17) is 33.4 Å². The van der Waals surface area contributed by atoms with Crippen LogP contribution in [0.15, 0.2) is 12.1 Å². The van der Waals surface area contributed by atoms with Crippen LogP contribution < -0.4 is 0 Å². The molecule has 17 heavy (non-hydrogen) atoms. The summed E-state index contributed by atoms with van der Waals surface area (Å²) >= 11 is 0. The second-order valence-electron chi connectivity index (χ2n) is 2.39. The van der Waals surface area contributed by atoms with Gasteiger partial charge >= 0.3 is 5.97 Å². The van der Waals surface area contributed by atoms with Crippen LogP contribution in [0.3, 0.4) is 0 Å². The van der Waals surface area contributed by atoms with Gasteiger partial charge in [0.1, 0.15) is 0 Å². The Kier molecular flexibility index (Phi) is 9.07. The molecule has 0 unspecified atom stereocenters. The summed E-state index contributed by atoms with van der Waals surface area (Å²) in [4.78, 5) is 10.3. The molecule has 0 bridgehead atoms. The van der Waals surface area contributed by atoms with Crippen LogP contribution in [-0.4, -0.2) is 30.9 Å². The first-order valence-electron chi connectivity index (χ1n) is 3.52. The molecule has 0 saturated carbocycles. The Balaban J connectivity index is 0. The smallest absolute Gasteiger partial charge is 0.335 e. The van der Waals surface area contributed by atoms with Crippen molar-refractivity contribution in [2.24, 2.45) is 0 Å². The number of hydrogen-bond acceptors (Lipinski definition) is 7. The summed E-state index contributed by atoms with van der Waals surface area (Å²) < 4.78 is 24.1. The summed E-state index contributed by atoms with van der Waals surface area (Å²) in [7, 11) is -2.86. The van der Waals surface area contributed by atoms with Crippen molar-refractivity contribution in [1.82, 2.24) is 0 Å². The van der Waals surface area contributed by atoms with Crippen molar-refractivity contribution in [3.63, 3.8) is 0 Å². The summed E-state index contributed by atoms with van der Waals surface area (Å²) in [5.41, 5.74) is -0.289. The molecule has 0 aliphatic heterocycles. The van der Waals surface area contributed by atoms with Crippen molar-refractivity contribution in [2.75, 3.05) is 0 Å². The second kappa shape index (κ2) is 8.31. The van der Waals surface area contributed by atoms with Crippen LogP contribution in [0.1, 0.15) is 10.4 Å². The molecule has 5 N–H and O–H groups in total. The molecule has 0 aliphatic carbocycles. The van der Waals surface area contributed by atoms with E-state index in [1.807, 2.05) is 0 Å². The molecule has 1 radical (unpaired) electrons. The molecule has 0 fully saturated rings. The van der Waals surface area contributed by atoms with Gasteiger partial charge in [0, 0.05) is 46.6 Å². The second-order valence-corrected chi connectivity index (χ2v) is 2.82. The Hall–Kier alpha value is -0.805. The number of aromatic carboxylic acids is 1. The first kappa shape index (κ1) is 18.6. The fraction of sp³-hybridized carbons (Fsp3) is 0. The van der Waals surface area contributed by atoms with Gasteiger partial charge in [-0.1, -0.05) is 0 Å². The summed E-state index contributed by atoms with van der Waals surface area (Å²) in [5.74, 6) is -3.33. The molecule has 0 heterocycles. The zero-order valence-corrected chi connectivity index (χ0v) is 12.5. The van der Waals surface area contributed by atoms with E-state index in [1.165, 1.54) is 0 Å². The van der Waals surface area contributed by atoms with Gasteiger partial charge in [-0.2, -0.15) is 0 Å². The van der Waals surface area contributed by atoms with Gasteiger partial charge in [0.25, 0.3) is 0 Å². The van der Waals surface area contributed by atoms with Gasteiger partial charge in [-0.3, -0.25) is 0 Å².